The average Bonchev–Trinajstić information content (AvgIpc) is 2.46. The molecule has 0 saturated heterocycles. The van der Waals surface area contributed by atoms with Gasteiger partial charge in [-0.3, -0.25) is 4.79 Å². The Bertz CT molecular complexity index is 458. The van der Waals surface area contributed by atoms with E-state index >= 15 is 0 Å². The molecule has 2 rings (SSSR count). The van der Waals surface area contributed by atoms with Gasteiger partial charge in [0.15, 0.2) is 0 Å². The normalized spacial score (nSPS) is 19.5. The fourth-order valence-corrected chi connectivity index (χ4v) is 3.41. The van der Waals surface area contributed by atoms with E-state index in [-0.39, 0.29) is 17.9 Å². The van der Waals surface area contributed by atoms with E-state index in [1.807, 2.05) is 0 Å². The summed E-state index contributed by atoms with van der Waals surface area (Å²) in [4.78, 5) is 12.5. The second kappa shape index (κ2) is 7.26. The number of alkyl halides is 1. The van der Waals surface area contributed by atoms with Crippen molar-refractivity contribution in [1.29, 1.82) is 0 Å². The van der Waals surface area contributed by atoms with E-state index in [4.69, 9.17) is 0 Å². The second-order valence-corrected chi connectivity index (χ2v) is 6.84. The monoisotopic (exact) mass is 337 g/mol. The Kier molecular flexibility index (Phi) is 5.64. The van der Waals surface area contributed by atoms with E-state index in [0.717, 1.165) is 31.0 Å². The first-order chi connectivity index (χ1) is 9.61. The standard InChI is InChI=1S/C17H24BrNO/c1-12(2)16(9-10-18)19-17(20)15-8-7-13-5-3-4-6-14(13)11-15/h3-6,12,15-16H,7-11H2,1-2H3,(H,19,20). The molecular weight excluding hydrogens is 314 g/mol. The van der Waals surface area contributed by atoms with Crippen LogP contribution in [0.4, 0.5) is 0 Å². The third-order valence-corrected chi connectivity index (χ3v) is 4.73. The molecule has 0 radical (unpaired) electrons. The zero-order valence-electron chi connectivity index (χ0n) is 12.4. The van der Waals surface area contributed by atoms with Gasteiger partial charge in [0, 0.05) is 17.3 Å². The molecule has 2 unspecified atom stereocenters. The highest BCUT2D eigenvalue weighted by Gasteiger charge is 2.26. The Hall–Kier alpha value is -0.830. The Morgan fingerprint density at radius 1 is 1.35 bits per heavy atom. The van der Waals surface area contributed by atoms with Gasteiger partial charge in [-0.1, -0.05) is 54.0 Å². The van der Waals surface area contributed by atoms with Gasteiger partial charge in [0.05, 0.1) is 0 Å². The number of rotatable bonds is 5. The lowest BCUT2D eigenvalue weighted by atomic mass is 9.83. The van der Waals surface area contributed by atoms with Crippen molar-refractivity contribution >= 4 is 21.8 Å². The molecule has 0 heterocycles. The van der Waals surface area contributed by atoms with Crippen molar-refractivity contribution in [3.8, 4) is 0 Å². The van der Waals surface area contributed by atoms with Crippen LogP contribution >= 0.6 is 15.9 Å². The molecule has 2 atom stereocenters. The average molecular weight is 338 g/mol. The minimum Gasteiger partial charge on any atom is -0.353 e. The fraction of sp³-hybridized carbons (Fsp3) is 0.588. The van der Waals surface area contributed by atoms with Crippen LogP contribution in [0.2, 0.25) is 0 Å². The van der Waals surface area contributed by atoms with Gasteiger partial charge in [-0.25, -0.2) is 0 Å². The number of fused-ring (bicyclic) bond motifs is 1. The van der Waals surface area contributed by atoms with Crippen LogP contribution in [0.25, 0.3) is 0 Å². The molecule has 0 aromatic heterocycles. The maximum atomic E-state index is 12.5. The molecule has 20 heavy (non-hydrogen) atoms. The van der Waals surface area contributed by atoms with Crippen LogP contribution in [0.5, 0.6) is 0 Å². The number of carbonyl (C=O) groups excluding carboxylic acids is 1. The Balaban J connectivity index is 1.97. The highest BCUT2D eigenvalue weighted by molar-refractivity contribution is 9.09. The molecule has 1 N–H and O–H groups in total. The fourth-order valence-electron chi connectivity index (χ4n) is 2.91. The summed E-state index contributed by atoms with van der Waals surface area (Å²) in [6, 6.07) is 8.78. The van der Waals surface area contributed by atoms with E-state index in [1.165, 1.54) is 11.1 Å². The maximum Gasteiger partial charge on any atom is 0.223 e. The van der Waals surface area contributed by atoms with Gasteiger partial charge >= 0.3 is 0 Å². The number of hydrogen-bond donors (Lipinski definition) is 1. The first-order valence-electron chi connectivity index (χ1n) is 7.55. The molecule has 1 amide bonds. The summed E-state index contributed by atoms with van der Waals surface area (Å²) < 4.78 is 0. The number of carbonyl (C=O) groups is 1. The van der Waals surface area contributed by atoms with Crippen LogP contribution in [0, 0.1) is 11.8 Å². The number of aryl methyl sites for hydroxylation is 1. The summed E-state index contributed by atoms with van der Waals surface area (Å²) in [6.07, 6.45) is 3.88. The molecule has 0 bridgehead atoms. The van der Waals surface area contributed by atoms with Crippen molar-refractivity contribution in [1.82, 2.24) is 5.32 Å². The van der Waals surface area contributed by atoms with Crippen LogP contribution < -0.4 is 5.32 Å². The molecule has 110 valence electrons. The van der Waals surface area contributed by atoms with Crippen LogP contribution in [-0.2, 0) is 17.6 Å². The highest BCUT2D eigenvalue weighted by atomic mass is 79.9. The summed E-state index contributed by atoms with van der Waals surface area (Å²) in [5.41, 5.74) is 2.76. The lowest BCUT2D eigenvalue weighted by Gasteiger charge is -2.28. The number of halogens is 1. The maximum absolute atomic E-state index is 12.5. The Labute approximate surface area is 130 Å². The molecule has 1 aliphatic carbocycles. The first kappa shape index (κ1) is 15.6. The van der Waals surface area contributed by atoms with Crippen molar-refractivity contribution < 1.29 is 4.79 Å². The van der Waals surface area contributed by atoms with E-state index < -0.39 is 0 Å². The summed E-state index contributed by atoms with van der Waals surface area (Å²) in [6.45, 7) is 4.34. The molecule has 1 aromatic carbocycles. The topological polar surface area (TPSA) is 29.1 Å². The van der Waals surface area contributed by atoms with Crippen LogP contribution in [-0.4, -0.2) is 17.3 Å². The predicted octanol–water partition coefficient (Wildman–Crippen LogP) is 3.72. The van der Waals surface area contributed by atoms with Crippen molar-refractivity contribution in [2.75, 3.05) is 5.33 Å². The van der Waals surface area contributed by atoms with Gasteiger partial charge in [-0.15, -0.1) is 0 Å². The number of nitrogens with one attached hydrogen (secondary N) is 1. The lowest BCUT2D eigenvalue weighted by molar-refractivity contribution is -0.126. The van der Waals surface area contributed by atoms with Crippen LogP contribution in [0.3, 0.4) is 0 Å². The molecule has 1 aliphatic rings. The molecular formula is C17H24BrNO. The minimum absolute atomic E-state index is 0.140. The zero-order chi connectivity index (χ0) is 14.5. The van der Waals surface area contributed by atoms with Crippen molar-refractivity contribution in [2.24, 2.45) is 11.8 Å². The van der Waals surface area contributed by atoms with Crippen molar-refractivity contribution in [3.05, 3.63) is 35.4 Å². The van der Waals surface area contributed by atoms with Crippen LogP contribution in [0.15, 0.2) is 24.3 Å². The minimum atomic E-state index is 0.140. The largest absolute Gasteiger partial charge is 0.353 e. The van der Waals surface area contributed by atoms with E-state index in [0.29, 0.717) is 5.92 Å². The smallest absolute Gasteiger partial charge is 0.223 e. The van der Waals surface area contributed by atoms with Gasteiger partial charge in [0.25, 0.3) is 0 Å². The van der Waals surface area contributed by atoms with Crippen molar-refractivity contribution in [3.63, 3.8) is 0 Å². The number of benzene rings is 1. The molecule has 0 spiro atoms. The van der Waals surface area contributed by atoms with Crippen LogP contribution in [0.1, 0.15) is 37.8 Å². The van der Waals surface area contributed by atoms with Gasteiger partial charge in [0.1, 0.15) is 0 Å². The molecule has 0 fully saturated rings. The third kappa shape index (κ3) is 3.85. The summed E-state index contributed by atoms with van der Waals surface area (Å²) in [5, 5.41) is 4.18. The first-order valence-corrected chi connectivity index (χ1v) is 8.67. The third-order valence-electron chi connectivity index (χ3n) is 4.27. The van der Waals surface area contributed by atoms with Gasteiger partial charge in [-0.2, -0.15) is 0 Å². The Morgan fingerprint density at radius 3 is 2.70 bits per heavy atom. The summed E-state index contributed by atoms with van der Waals surface area (Å²) in [7, 11) is 0. The predicted molar refractivity (Wildman–Crippen MR) is 87.1 cm³/mol. The summed E-state index contributed by atoms with van der Waals surface area (Å²) in [5.74, 6) is 0.855. The van der Waals surface area contributed by atoms with E-state index in [1.54, 1.807) is 0 Å². The number of hydrogen-bond acceptors (Lipinski definition) is 1. The van der Waals surface area contributed by atoms with Gasteiger partial charge in [0.2, 0.25) is 5.91 Å². The van der Waals surface area contributed by atoms with Crippen molar-refractivity contribution in [2.45, 2.75) is 45.6 Å². The quantitative estimate of drug-likeness (QED) is 0.815. The zero-order valence-corrected chi connectivity index (χ0v) is 13.9. The Morgan fingerprint density at radius 2 is 2.05 bits per heavy atom. The summed E-state index contributed by atoms with van der Waals surface area (Å²) >= 11 is 3.47. The second-order valence-electron chi connectivity index (χ2n) is 6.05. The van der Waals surface area contributed by atoms with E-state index in [2.05, 4.69) is 59.4 Å². The molecule has 2 nitrogen and oxygen atoms in total. The van der Waals surface area contributed by atoms with E-state index in [9.17, 15) is 4.79 Å². The molecule has 0 aliphatic heterocycles. The lowest BCUT2D eigenvalue weighted by Crippen LogP contribution is -2.43. The highest BCUT2D eigenvalue weighted by Crippen LogP contribution is 2.25. The van der Waals surface area contributed by atoms with Gasteiger partial charge < -0.3 is 5.32 Å². The molecule has 3 heteroatoms. The number of amides is 1. The molecule has 0 saturated carbocycles. The molecule has 1 aromatic rings. The van der Waals surface area contributed by atoms with Gasteiger partial charge in [-0.05, 0) is 42.7 Å². The SMILES string of the molecule is CC(C)C(CCBr)NC(=O)C1CCc2ccccc2C1.